The molecule has 0 aliphatic carbocycles. The van der Waals surface area contributed by atoms with Gasteiger partial charge in [-0.25, -0.2) is 0 Å². The summed E-state index contributed by atoms with van der Waals surface area (Å²) in [6.07, 6.45) is 1.55. The van der Waals surface area contributed by atoms with E-state index in [4.69, 9.17) is 21.1 Å². The van der Waals surface area contributed by atoms with Crippen molar-refractivity contribution >= 4 is 34.9 Å². The molecule has 1 aliphatic rings. The van der Waals surface area contributed by atoms with Crippen molar-refractivity contribution < 1.29 is 24.0 Å². The van der Waals surface area contributed by atoms with Crippen LogP contribution in [0.2, 0.25) is 5.02 Å². The van der Waals surface area contributed by atoms with E-state index in [1.54, 1.807) is 23.1 Å². The van der Waals surface area contributed by atoms with Crippen molar-refractivity contribution in [2.24, 2.45) is 0 Å². The minimum Gasteiger partial charge on any atom is -0.490 e. The molecule has 1 unspecified atom stereocenters. The first-order valence-electron chi connectivity index (χ1n) is 9.36. The summed E-state index contributed by atoms with van der Waals surface area (Å²) in [5, 5.41) is 11.6. The zero-order valence-electron chi connectivity index (χ0n) is 16.6. The second-order valence-corrected chi connectivity index (χ2v) is 7.36. The van der Waals surface area contributed by atoms with Gasteiger partial charge >= 0.3 is 11.7 Å². The summed E-state index contributed by atoms with van der Waals surface area (Å²) in [6.45, 7) is 0.435. The summed E-state index contributed by atoms with van der Waals surface area (Å²) in [5.74, 6) is -0.757. The minimum atomic E-state index is -0.562. The number of nitro benzene ring substituents is 1. The summed E-state index contributed by atoms with van der Waals surface area (Å²) >= 11 is 6.20. The Bertz CT molecular complexity index is 993. The molecule has 0 bridgehead atoms. The van der Waals surface area contributed by atoms with Crippen molar-refractivity contribution in [2.75, 3.05) is 25.7 Å². The van der Waals surface area contributed by atoms with E-state index in [-0.39, 0.29) is 41.2 Å². The molecule has 0 aromatic heterocycles. The fourth-order valence-corrected chi connectivity index (χ4v) is 3.88. The zero-order chi connectivity index (χ0) is 21.8. The third-order valence-corrected chi connectivity index (χ3v) is 5.40. The van der Waals surface area contributed by atoms with Gasteiger partial charge in [-0.15, -0.1) is 0 Å². The number of esters is 1. The minimum absolute atomic E-state index is 0.0144. The maximum atomic E-state index is 13.3. The van der Waals surface area contributed by atoms with Crippen molar-refractivity contribution in [3.8, 4) is 5.75 Å². The molecule has 1 heterocycles. The van der Waals surface area contributed by atoms with Gasteiger partial charge in [-0.3, -0.25) is 19.7 Å². The van der Waals surface area contributed by atoms with Gasteiger partial charge in [0.05, 0.1) is 25.6 Å². The van der Waals surface area contributed by atoms with E-state index < -0.39 is 4.92 Å². The van der Waals surface area contributed by atoms with Crippen molar-refractivity contribution in [3.05, 3.63) is 62.7 Å². The number of amides is 1. The van der Waals surface area contributed by atoms with Gasteiger partial charge in [0.25, 0.3) is 5.91 Å². The van der Waals surface area contributed by atoms with Crippen LogP contribution in [0, 0.1) is 10.1 Å². The predicted molar refractivity (Wildman–Crippen MR) is 111 cm³/mol. The van der Waals surface area contributed by atoms with Crippen LogP contribution in [0.25, 0.3) is 0 Å². The van der Waals surface area contributed by atoms with Crippen LogP contribution < -0.4 is 9.64 Å². The number of halogens is 1. The van der Waals surface area contributed by atoms with Crippen LogP contribution in [0.1, 0.15) is 41.1 Å². The molecule has 8 nitrogen and oxygen atoms in total. The van der Waals surface area contributed by atoms with E-state index >= 15 is 0 Å². The van der Waals surface area contributed by atoms with Crippen LogP contribution >= 0.6 is 11.6 Å². The molecular formula is C21H21ClN2O6. The van der Waals surface area contributed by atoms with Crippen LogP contribution in [-0.4, -0.2) is 37.6 Å². The van der Waals surface area contributed by atoms with Gasteiger partial charge in [0.1, 0.15) is 0 Å². The summed E-state index contributed by atoms with van der Waals surface area (Å²) in [4.78, 5) is 37.4. The number of rotatable bonds is 5. The number of benzene rings is 2. The van der Waals surface area contributed by atoms with E-state index in [0.29, 0.717) is 30.1 Å². The molecule has 0 radical (unpaired) electrons. The largest absolute Gasteiger partial charge is 0.490 e. The van der Waals surface area contributed by atoms with E-state index in [9.17, 15) is 19.7 Å². The summed E-state index contributed by atoms with van der Waals surface area (Å²) in [7, 11) is 2.66. The molecule has 9 heteroatoms. The maximum Gasteiger partial charge on any atom is 0.310 e. The summed E-state index contributed by atoms with van der Waals surface area (Å²) in [6, 6.07) is 9.26. The van der Waals surface area contributed by atoms with Crippen LogP contribution in [0.15, 0.2) is 36.4 Å². The molecule has 30 heavy (non-hydrogen) atoms. The summed E-state index contributed by atoms with van der Waals surface area (Å²) < 4.78 is 9.90. The molecule has 1 aliphatic heterocycles. The Morgan fingerprint density at radius 1 is 1.23 bits per heavy atom. The quantitative estimate of drug-likeness (QED) is 0.396. The van der Waals surface area contributed by atoms with E-state index in [2.05, 4.69) is 0 Å². The molecule has 1 atom stereocenters. The molecule has 0 saturated heterocycles. The lowest BCUT2D eigenvalue weighted by molar-refractivity contribution is -0.385. The Morgan fingerprint density at radius 2 is 2.00 bits per heavy atom. The van der Waals surface area contributed by atoms with E-state index in [0.717, 1.165) is 5.56 Å². The highest BCUT2D eigenvalue weighted by Crippen LogP contribution is 2.39. The van der Waals surface area contributed by atoms with Crippen LogP contribution in [0.4, 0.5) is 11.4 Å². The van der Waals surface area contributed by atoms with Gasteiger partial charge in [-0.2, -0.15) is 0 Å². The van der Waals surface area contributed by atoms with Crippen molar-refractivity contribution in [1.82, 2.24) is 0 Å². The van der Waals surface area contributed by atoms with Crippen molar-refractivity contribution in [3.63, 3.8) is 0 Å². The first kappa shape index (κ1) is 21.6. The topological polar surface area (TPSA) is 99.0 Å². The van der Waals surface area contributed by atoms with Crippen LogP contribution in [-0.2, 0) is 9.53 Å². The lowest BCUT2D eigenvalue weighted by atomic mass is 9.91. The fourth-order valence-electron chi connectivity index (χ4n) is 3.69. The molecule has 3 rings (SSSR count). The highest BCUT2D eigenvalue weighted by molar-refractivity contribution is 6.30. The fraction of sp³-hybridized carbons (Fsp3) is 0.333. The maximum absolute atomic E-state index is 13.3. The highest BCUT2D eigenvalue weighted by atomic mass is 35.5. The van der Waals surface area contributed by atoms with Crippen molar-refractivity contribution in [2.45, 2.75) is 25.2 Å². The Kier molecular flexibility index (Phi) is 6.56. The molecule has 158 valence electrons. The van der Waals surface area contributed by atoms with Gasteiger partial charge in [-0.05, 0) is 48.6 Å². The smallest absolute Gasteiger partial charge is 0.310 e. The van der Waals surface area contributed by atoms with Gasteiger partial charge < -0.3 is 14.4 Å². The number of hydrogen-bond acceptors (Lipinski definition) is 6. The van der Waals surface area contributed by atoms with Gasteiger partial charge in [0.15, 0.2) is 5.75 Å². The van der Waals surface area contributed by atoms with E-state index in [1.165, 1.54) is 32.4 Å². The molecule has 0 spiro atoms. The number of nitro groups is 1. The molecule has 1 amide bonds. The molecular weight excluding hydrogens is 412 g/mol. The predicted octanol–water partition coefficient (Wildman–Crippen LogP) is 4.34. The zero-order valence-corrected chi connectivity index (χ0v) is 17.3. The lowest BCUT2D eigenvalue weighted by Gasteiger charge is -2.24. The van der Waals surface area contributed by atoms with Gasteiger partial charge in [0, 0.05) is 35.0 Å². The van der Waals surface area contributed by atoms with Crippen LogP contribution in [0.3, 0.4) is 0 Å². The third kappa shape index (κ3) is 4.38. The molecule has 0 N–H and O–H groups in total. The number of ether oxygens (including phenoxy) is 2. The third-order valence-electron chi connectivity index (χ3n) is 5.16. The van der Waals surface area contributed by atoms with Gasteiger partial charge in [0.2, 0.25) is 0 Å². The average Bonchev–Trinajstić information content (AvgIpc) is 2.91. The normalized spacial score (nSPS) is 15.7. The number of anilines is 1. The Hall–Kier alpha value is -3.13. The number of carbonyl (C=O) groups is 2. The van der Waals surface area contributed by atoms with Crippen LogP contribution in [0.5, 0.6) is 5.75 Å². The Morgan fingerprint density at radius 3 is 2.67 bits per heavy atom. The highest BCUT2D eigenvalue weighted by Gasteiger charge is 2.29. The number of hydrogen-bond donors (Lipinski definition) is 0. The lowest BCUT2D eigenvalue weighted by Crippen LogP contribution is -2.31. The standard InChI is InChI=1S/C21H21ClN2O6/c1-29-19-10-14(5-7-18(19)24(27)28)21(26)23-9-3-4-13(11-20(25)30-2)16-12-15(22)6-8-17(16)23/h5-8,10,12-13H,3-4,9,11H2,1-2H3. The average molecular weight is 433 g/mol. The molecule has 2 aromatic rings. The second-order valence-electron chi connectivity index (χ2n) is 6.92. The monoisotopic (exact) mass is 432 g/mol. The van der Waals surface area contributed by atoms with Gasteiger partial charge in [-0.1, -0.05) is 11.6 Å². The number of methoxy groups -OCH3 is 2. The Balaban J connectivity index is 2.01. The second kappa shape index (κ2) is 9.13. The first-order valence-corrected chi connectivity index (χ1v) is 9.74. The molecule has 2 aromatic carbocycles. The Labute approximate surface area is 178 Å². The van der Waals surface area contributed by atoms with E-state index in [1.807, 2.05) is 0 Å². The van der Waals surface area contributed by atoms with Crippen molar-refractivity contribution in [1.29, 1.82) is 0 Å². The number of carbonyl (C=O) groups excluding carboxylic acids is 2. The molecule has 0 saturated carbocycles. The number of nitrogens with zero attached hydrogens (tertiary/aromatic N) is 2. The number of fused-ring (bicyclic) bond motifs is 1. The molecule has 0 fully saturated rings. The first-order chi connectivity index (χ1) is 14.3. The SMILES string of the molecule is COC(=O)CC1CCCN(C(=O)c2ccc([N+](=O)[O-])c(OC)c2)c2ccc(Cl)cc21. The summed E-state index contributed by atoms with van der Waals surface area (Å²) in [5.41, 5.74) is 1.51.